The van der Waals surface area contributed by atoms with Crippen LogP contribution in [-0.4, -0.2) is 18.7 Å². The van der Waals surface area contributed by atoms with Gasteiger partial charge in [-0.2, -0.15) is 0 Å². The SMILES string of the molecule is O=[N+]([O-])c1ccc(Oc2ccc([N+](=O)[O-])c(CCCI)c2)cc1CCCI. The molecule has 0 saturated heterocycles. The van der Waals surface area contributed by atoms with Crippen molar-refractivity contribution in [1.82, 2.24) is 0 Å². The van der Waals surface area contributed by atoms with Crippen molar-refractivity contribution in [2.45, 2.75) is 25.7 Å². The van der Waals surface area contributed by atoms with E-state index in [4.69, 9.17) is 4.74 Å². The van der Waals surface area contributed by atoms with Crippen LogP contribution in [0.3, 0.4) is 0 Å². The fourth-order valence-electron chi connectivity index (χ4n) is 2.66. The smallest absolute Gasteiger partial charge is 0.272 e. The molecule has 0 aromatic heterocycles. The molecule has 0 heterocycles. The van der Waals surface area contributed by atoms with Crippen molar-refractivity contribution >= 4 is 56.6 Å². The summed E-state index contributed by atoms with van der Waals surface area (Å²) in [7, 11) is 0. The molecule has 0 radical (unpaired) electrons. The first-order valence-electron chi connectivity index (χ1n) is 8.30. The van der Waals surface area contributed by atoms with Crippen LogP contribution in [0.15, 0.2) is 36.4 Å². The Kier molecular flexibility index (Phi) is 8.67. The highest BCUT2D eigenvalue weighted by Gasteiger charge is 2.17. The van der Waals surface area contributed by atoms with E-state index in [9.17, 15) is 20.2 Å². The predicted octanol–water partition coefficient (Wildman–Crippen LogP) is 6.03. The minimum atomic E-state index is -0.389. The van der Waals surface area contributed by atoms with Gasteiger partial charge in [0.15, 0.2) is 0 Å². The summed E-state index contributed by atoms with van der Waals surface area (Å²) in [5.41, 5.74) is 1.42. The molecule has 7 nitrogen and oxygen atoms in total. The largest absolute Gasteiger partial charge is 0.457 e. The summed E-state index contributed by atoms with van der Waals surface area (Å²) in [4.78, 5) is 21.6. The lowest BCUT2D eigenvalue weighted by atomic mass is 10.1. The number of nitro benzene ring substituents is 2. The summed E-state index contributed by atoms with van der Waals surface area (Å²) in [6.07, 6.45) is 2.86. The maximum Gasteiger partial charge on any atom is 0.272 e. The van der Waals surface area contributed by atoms with Crippen LogP contribution in [0.25, 0.3) is 0 Å². The second-order valence-corrected chi connectivity index (χ2v) is 7.94. The van der Waals surface area contributed by atoms with Crippen LogP contribution in [0.4, 0.5) is 11.4 Å². The summed E-state index contributed by atoms with van der Waals surface area (Å²) >= 11 is 4.47. The van der Waals surface area contributed by atoms with Crippen LogP contribution in [-0.2, 0) is 12.8 Å². The zero-order valence-electron chi connectivity index (χ0n) is 14.4. The third-order valence-corrected chi connectivity index (χ3v) is 5.42. The number of halogens is 2. The van der Waals surface area contributed by atoms with Crippen LogP contribution in [0.1, 0.15) is 24.0 Å². The molecule has 2 rings (SSSR count). The molecule has 9 heteroatoms. The Labute approximate surface area is 184 Å². The van der Waals surface area contributed by atoms with E-state index in [0.29, 0.717) is 35.5 Å². The van der Waals surface area contributed by atoms with Gasteiger partial charge in [-0.15, -0.1) is 0 Å². The third-order valence-electron chi connectivity index (χ3n) is 3.89. The highest BCUT2D eigenvalue weighted by Crippen LogP contribution is 2.31. The number of hydrogen-bond donors (Lipinski definition) is 0. The fraction of sp³-hybridized carbons (Fsp3) is 0.333. The molecule has 0 atom stereocenters. The van der Waals surface area contributed by atoms with Crippen molar-refractivity contribution in [3.8, 4) is 11.5 Å². The van der Waals surface area contributed by atoms with E-state index >= 15 is 0 Å². The normalized spacial score (nSPS) is 10.6. The molecule has 2 aromatic carbocycles. The Balaban J connectivity index is 2.30. The first-order chi connectivity index (χ1) is 13.0. The highest BCUT2D eigenvalue weighted by atomic mass is 127. The van der Waals surface area contributed by atoms with Crippen LogP contribution < -0.4 is 4.74 Å². The molecule has 0 aliphatic rings. The van der Waals surface area contributed by atoms with Gasteiger partial charge in [0.25, 0.3) is 11.4 Å². The van der Waals surface area contributed by atoms with E-state index in [1.165, 1.54) is 12.1 Å². The standard InChI is InChI=1S/C18H18I2N2O5/c19-9-1-3-13-11-15(5-7-17(13)21(23)24)27-16-6-8-18(22(25)26)14(12-16)4-2-10-20/h5-8,11-12H,1-4,9-10H2. The van der Waals surface area contributed by atoms with Gasteiger partial charge in [0.05, 0.1) is 9.85 Å². The molecule has 0 bridgehead atoms. The zero-order chi connectivity index (χ0) is 19.8. The van der Waals surface area contributed by atoms with E-state index in [-0.39, 0.29) is 21.2 Å². The fourth-order valence-corrected chi connectivity index (χ4v) is 3.42. The molecule has 0 aliphatic carbocycles. The lowest BCUT2D eigenvalue weighted by Crippen LogP contribution is -1.99. The quantitative estimate of drug-likeness (QED) is 0.145. The first kappa shape index (κ1) is 21.8. The second kappa shape index (κ2) is 10.7. The van der Waals surface area contributed by atoms with E-state index in [1.807, 2.05) is 0 Å². The number of hydrogen-bond acceptors (Lipinski definition) is 5. The highest BCUT2D eigenvalue weighted by molar-refractivity contribution is 14.1. The topological polar surface area (TPSA) is 95.5 Å². The van der Waals surface area contributed by atoms with Crippen molar-refractivity contribution in [3.63, 3.8) is 0 Å². The molecule has 0 fully saturated rings. The Morgan fingerprint density at radius 3 is 1.52 bits per heavy atom. The van der Waals surface area contributed by atoms with E-state index < -0.39 is 0 Å². The third kappa shape index (κ3) is 6.26. The number of ether oxygens (including phenoxy) is 1. The Bertz CT molecular complexity index is 762. The molecule has 0 aliphatic heterocycles. The van der Waals surface area contributed by atoms with Crippen LogP contribution in [0.2, 0.25) is 0 Å². The predicted molar refractivity (Wildman–Crippen MR) is 121 cm³/mol. The molecular formula is C18H18I2N2O5. The molecule has 0 N–H and O–H groups in total. The van der Waals surface area contributed by atoms with Gasteiger partial charge in [-0.25, -0.2) is 0 Å². The van der Waals surface area contributed by atoms with Gasteiger partial charge >= 0.3 is 0 Å². The van der Waals surface area contributed by atoms with Gasteiger partial charge in [-0.1, -0.05) is 45.2 Å². The van der Waals surface area contributed by atoms with Crippen molar-refractivity contribution in [3.05, 3.63) is 67.8 Å². The van der Waals surface area contributed by atoms with Crippen molar-refractivity contribution in [2.24, 2.45) is 0 Å². The monoisotopic (exact) mass is 596 g/mol. The van der Waals surface area contributed by atoms with E-state index in [2.05, 4.69) is 45.2 Å². The maximum atomic E-state index is 11.2. The van der Waals surface area contributed by atoms with Crippen molar-refractivity contribution < 1.29 is 14.6 Å². The Hall–Kier alpha value is -1.50. The first-order valence-corrected chi connectivity index (χ1v) is 11.4. The molecule has 0 saturated carbocycles. The summed E-state index contributed by atoms with van der Waals surface area (Å²) in [5, 5.41) is 22.4. The lowest BCUT2D eigenvalue weighted by molar-refractivity contribution is -0.385. The number of aryl methyl sites for hydroxylation is 2. The average Bonchev–Trinajstić information content (AvgIpc) is 2.64. The van der Waals surface area contributed by atoms with Crippen LogP contribution in [0.5, 0.6) is 11.5 Å². The molecule has 0 amide bonds. The maximum absolute atomic E-state index is 11.2. The average molecular weight is 596 g/mol. The summed E-state index contributed by atoms with van der Waals surface area (Å²) in [6, 6.07) is 9.35. The molecule has 144 valence electrons. The van der Waals surface area contributed by atoms with Gasteiger partial charge in [0.1, 0.15) is 11.5 Å². The second-order valence-electron chi connectivity index (χ2n) is 5.78. The molecule has 0 spiro atoms. The Morgan fingerprint density at radius 2 is 1.19 bits per heavy atom. The van der Waals surface area contributed by atoms with Gasteiger partial charge < -0.3 is 4.74 Å². The van der Waals surface area contributed by atoms with Crippen molar-refractivity contribution in [2.75, 3.05) is 8.86 Å². The number of alkyl halides is 2. The number of nitrogens with zero attached hydrogens (tertiary/aromatic N) is 2. The van der Waals surface area contributed by atoms with Crippen LogP contribution >= 0.6 is 45.2 Å². The molecule has 27 heavy (non-hydrogen) atoms. The summed E-state index contributed by atoms with van der Waals surface area (Å²) in [6.45, 7) is 0. The summed E-state index contributed by atoms with van der Waals surface area (Å²) in [5.74, 6) is 0.968. The van der Waals surface area contributed by atoms with Gasteiger partial charge in [-0.3, -0.25) is 20.2 Å². The molecule has 0 unspecified atom stereocenters. The van der Waals surface area contributed by atoms with Gasteiger partial charge in [0.2, 0.25) is 0 Å². The van der Waals surface area contributed by atoms with Gasteiger partial charge in [0, 0.05) is 23.3 Å². The number of benzene rings is 2. The Morgan fingerprint density at radius 1 is 0.778 bits per heavy atom. The van der Waals surface area contributed by atoms with Crippen LogP contribution in [0, 0.1) is 20.2 Å². The van der Waals surface area contributed by atoms with Crippen molar-refractivity contribution in [1.29, 1.82) is 0 Å². The molecule has 2 aromatic rings. The zero-order valence-corrected chi connectivity index (χ0v) is 18.7. The lowest BCUT2D eigenvalue weighted by Gasteiger charge is -2.10. The summed E-state index contributed by atoms with van der Waals surface area (Å²) < 4.78 is 7.65. The number of rotatable bonds is 10. The number of nitro groups is 2. The minimum absolute atomic E-state index is 0.0821. The molecular weight excluding hydrogens is 578 g/mol. The van der Waals surface area contributed by atoms with E-state index in [1.54, 1.807) is 24.3 Å². The minimum Gasteiger partial charge on any atom is -0.457 e. The van der Waals surface area contributed by atoms with E-state index in [0.717, 1.165) is 21.7 Å². The van der Waals surface area contributed by atoms with Gasteiger partial charge in [-0.05, 0) is 58.8 Å².